The van der Waals surface area contributed by atoms with Gasteiger partial charge in [0, 0.05) is 12.8 Å². The minimum atomic E-state index is -0.716. The summed E-state index contributed by atoms with van der Waals surface area (Å²) < 4.78 is 12.3. The SMILES string of the molecule is CC1(CCCCCCCCC#N)CCc2cc(OCCCCCCC(=O)O)ccc2O1. The zero-order valence-electron chi connectivity index (χ0n) is 19.2. The molecule has 5 heteroatoms. The Kier molecular flexibility index (Phi) is 11.3. The van der Waals surface area contributed by atoms with Gasteiger partial charge in [0.25, 0.3) is 0 Å². The van der Waals surface area contributed by atoms with E-state index in [4.69, 9.17) is 19.8 Å². The number of hydrogen-bond donors (Lipinski definition) is 1. The molecule has 1 heterocycles. The number of aryl methyl sites for hydroxylation is 1. The van der Waals surface area contributed by atoms with Crippen molar-refractivity contribution in [3.05, 3.63) is 23.8 Å². The molecule has 1 unspecified atom stereocenters. The molecule has 1 aliphatic heterocycles. The Morgan fingerprint density at radius 1 is 1.10 bits per heavy atom. The van der Waals surface area contributed by atoms with Crippen LogP contribution in [0.15, 0.2) is 18.2 Å². The molecule has 0 radical (unpaired) electrons. The van der Waals surface area contributed by atoms with Crippen LogP contribution in [0.1, 0.15) is 102 Å². The lowest BCUT2D eigenvalue weighted by Crippen LogP contribution is -2.36. The lowest BCUT2D eigenvalue weighted by Gasteiger charge is -2.36. The number of nitrogens with zero attached hydrogens (tertiary/aromatic N) is 1. The number of nitriles is 1. The van der Waals surface area contributed by atoms with Gasteiger partial charge in [-0.1, -0.05) is 38.5 Å². The lowest BCUT2D eigenvalue weighted by atomic mass is 9.88. The predicted molar refractivity (Wildman–Crippen MR) is 123 cm³/mol. The summed E-state index contributed by atoms with van der Waals surface area (Å²) in [6.45, 7) is 2.90. The van der Waals surface area contributed by atoms with Crippen molar-refractivity contribution in [1.82, 2.24) is 0 Å². The number of aliphatic carboxylic acids is 1. The molecule has 1 aliphatic rings. The van der Waals surface area contributed by atoms with Gasteiger partial charge in [-0.05, 0) is 75.6 Å². The van der Waals surface area contributed by atoms with Gasteiger partial charge in [0.2, 0.25) is 0 Å². The molecule has 0 amide bonds. The Balaban J connectivity index is 1.64. The first-order valence-electron chi connectivity index (χ1n) is 12.1. The molecule has 0 saturated carbocycles. The van der Waals surface area contributed by atoms with Crippen molar-refractivity contribution >= 4 is 5.97 Å². The highest BCUT2D eigenvalue weighted by Crippen LogP contribution is 2.37. The zero-order valence-corrected chi connectivity index (χ0v) is 19.2. The Labute approximate surface area is 187 Å². The molecule has 0 bridgehead atoms. The smallest absolute Gasteiger partial charge is 0.303 e. The van der Waals surface area contributed by atoms with Crippen LogP contribution in [0.4, 0.5) is 0 Å². The highest BCUT2D eigenvalue weighted by atomic mass is 16.5. The normalized spacial score (nSPS) is 17.4. The summed E-state index contributed by atoms with van der Waals surface area (Å²) in [7, 11) is 0. The summed E-state index contributed by atoms with van der Waals surface area (Å²) in [6.07, 6.45) is 14.8. The number of benzene rings is 1. The molecule has 0 aromatic heterocycles. The van der Waals surface area contributed by atoms with Crippen molar-refractivity contribution in [3.8, 4) is 17.6 Å². The number of fused-ring (bicyclic) bond motifs is 1. The molecular formula is C26H39NO4. The molecule has 0 aliphatic carbocycles. The Morgan fingerprint density at radius 3 is 2.58 bits per heavy atom. The third-order valence-corrected chi connectivity index (χ3v) is 6.11. The second kappa shape index (κ2) is 14.0. The summed E-state index contributed by atoms with van der Waals surface area (Å²) in [5.41, 5.74) is 1.15. The summed E-state index contributed by atoms with van der Waals surface area (Å²) >= 11 is 0. The fraction of sp³-hybridized carbons (Fsp3) is 0.692. The van der Waals surface area contributed by atoms with E-state index in [1.807, 2.05) is 12.1 Å². The van der Waals surface area contributed by atoms with Crippen molar-refractivity contribution in [3.63, 3.8) is 0 Å². The maximum absolute atomic E-state index is 10.5. The van der Waals surface area contributed by atoms with Crippen molar-refractivity contribution in [2.24, 2.45) is 0 Å². The number of ether oxygens (including phenoxy) is 2. The number of rotatable bonds is 16. The molecule has 1 aromatic carbocycles. The number of carboxylic acid groups (broad SMARTS) is 1. The molecule has 1 atom stereocenters. The Morgan fingerprint density at radius 2 is 1.81 bits per heavy atom. The second-order valence-corrected chi connectivity index (χ2v) is 9.01. The highest BCUT2D eigenvalue weighted by molar-refractivity contribution is 5.66. The maximum atomic E-state index is 10.5. The van der Waals surface area contributed by atoms with Crippen molar-refractivity contribution in [2.75, 3.05) is 6.61 Å². The van der Waals surface area contributed by atoms with E-state index < -0.39 is 5.97 Å². The molecule has 1 N–H and O–H groups in total. The number of unbranched alkanes of at least 4 members (excludes halogenated alkanes) is 9. The minimum Gasteiger partial charge on any atom is -0.494 e. The van der Waals surface area contributed by atoms with Gasteiger partial charge >= 0.3 is 5.97 Å². The third kappa shape index (κ3) is 10.1. The summed E-state index contributed by atoms with van der Waals surface area (Å²) in [5, 5.41) is 17.2. The van der Waals surface area contributed by atoms with Crippen LogP contribution in [0.3, 0.4) is 0 Å². The molecule has 1 aromatic rings. The molecule has 5 nitrogen and oxygen atoms in total. The summed E-state index contributed by atoms with van der Waals surface area (Å²) in [5.74, 6) is 1.17. The molecule has 0 spiro atoms. The van der Waals surface area contributed by atoms with E-state index in [0.29, 0.717) is 13.0 Å². The van der Waals surface area contributed by atoms with Gasteiger partial charge in [0.1, 0.15) is 17.1 Å². The van der Waals surface area contributed by atoms with Crippen LogP contribution >= 0.6 is 0 Å². The minimum absolute atomic E-state index is 0.0772. The van der Waals surface area contributed by atoms with Crippen LogP contribution in [-0.2, 0) is 11.2 Å². The summed E-state index contributed by atoms with van der Waals surface area (Å²) in [6, 6.07) is 8.36. The fourth-order valence-electron chi connectivity index (χ4n) is 4.16. The number of hydrogen-bond acceptors (Lipinski definition) is 4. The average molecular weight is 430 g/mol. The van der Waals surface area contributed by atoms with Gasteiger partial charge in [-0.2, -0.15) is 5.26 Å². The van der Waals surface area contributed by atoms with Crippen LogP contribution in [0.2, 0.25) is 0 Å². The first-order valence-corrected chi connectivity index (χ1v) is 12.1. The molecular weight excluding hydrogens is 390 g/mol. The third-order valence-electron chi connectivity index (χ3n) is 6.11. The topological polar surface area (TPSA) is 79.5 Å². The lowest BCUT2D eigenvalue weighted by molar-refractivity contribution is -0.137. The summed E-state index contributed by atoms with van der Waals surface area (Å²) in [4.78, 5) is 10.5. The standard InChI is InChI=1S/C26H39NO4/c1-26(17-10-6-3-2-4-7-11-19-27)18-16-22-21-23(14-15-24(22)31-26)30-20-12-8-5-9-13-25(28)29/h14-15,21H,2-13,16-18,20H2,1H3,(H,28,29). The van der Waals surface area contributed by atoms with E-state index in [-0.39, 0.29) is 12.0 Å². The largest absolute Gasteiger partial charge is 0.494 e. The van der Waals surface area contributed by atoms with Crippen LogP contribution in [0, 0.1) is 11.3 Å². The second-order valence-electron chi connectivity index (χ2n) is 9.01. The van der Waals surface area contributed by atoms with E-state index in [1.54, 1.807) is 0 Å². The highest BCUT2D eigenvalue weighted by Gasteiger charge is 2.31. The van der Waals surface area contributed by atoms with Crippen LogP contribution in [0.25, 0.3) is 0 Å². The Hall–Kier alpha value is -2.22. The first-order chi connectivity index (χ1) is 15.0. The molecule has 31 heavy (non-hydrogen) atoms. The van der Waals surface area contributed by atoms with E-state index >= 15 is 0 Å². The van der Waals surface area contributed by atoms with Gasteiger partial charge in [0.15, 0.2) is 0 Å². The van der Waals surface area contributed by atoms with Gasteiger partial charge in [0.05, 0.1) is 12.7 Å². The zero-order chi connectivity index (χ0) is 22.4. The van der Waals surface area contributed by atoms with Crippen molar-refractivity contribution in [1.29, 1.82) is 5.26 Å². The molecule has 2 rings (SSSR count). The quantitative estimate of drug-likeness (QED) is 0.291. The number of carbonyl (C=O) groups is 1. The molecule has 0 saturated heterocycles. The van der Waals surface area contributed by atoms with Gasteiger partial charge < -0.3 is 14.6 Å². The molecule has 0 fully saturated rings. The number of carboxylic acids is 1. The molecule has 172 valence electrons. The monoisotopic (exact) mass is 429 g/mol. The van der Waals surface area contributed by atoms with E-state index in [1.165, 1.54) is 37.7 Å². The Bertz CT molecular complexity index is 712. The van der Waals surface area contributed by atoms with Gasteiger partial charge in [-0.3, -0.25) is 4.79 Å². The van der Waals surface area contributed by atoms with E-state index in [0.717, 1.165) is 62.9 Å². The maximum Gasteiger partial charge on any atom is 0.303 e. The van der Waals surface area contributed by atoms with Crippen molar-refractivity contribution < 1.29 is 19.4 Å². The van der Waals surface area contributed by atoms with Gasteiger partial charge in [-0.15, -0.1) is 0 Å². The fourth-order valence-corrected chi connectivity index (χ4v) is 4.16. The van der Waals surface area contributed by atoms with Gasteiger partial charge in [-0.25, -0.2) is 0 Å². The van der Waals surface area contributed by atoms with Crippen LogP contribution in [0.5, 0.6) is 11.5 Å². The van der Waals surface area contributed by atoms with E-state index in [9.17, 15) is 4.79 Å². The van der Waals surface area contributed by atoms with Crippen LogP contribution in [-0.4, -0.2) is 23.3 Å². The average Bonchev–Trinajstić information content (AvgIpc) is 2.75. The van der Waals surface area contributed by atoms with Crippen molar-refractivity contribution in [2.45, 2.75) is 109 Å². The van der Waals surface area contributed by atoms with E-state index in [2.05, 4.69) is 19.1 Å². The predicted octanol–water partition coefficient (Wildman–Crippen LogP) is 6.83. The van der Waals surface area contributed by atoms with Crippen LogP contribution < -0.4 is 9.47 Å². The first kappa shape index (κ1) is 25.0.